The highest BCUT2D eigenvalue weighted by atomic mass is 79.9. The van der Waals surface area contributed by atoms with Gasteiger partial charge in [-0.3, -0.25) is 14.2 Å². The van der Waals surface area contributed by atoms with E-state index >= 15 is 0 Å². The average Bonchev–Trinajstić information content (AvgIpc) is 2.91. The van der Waals surface area contributed by atoms with Crippen LogP contribution in [0.5, 0.6) is 0 Å². The van der Waals surface area contributed by atoms with Gasteiger partial charge in [0.05, 0.1) is 17.6 Å². The van der Waals surface area contributed by atoms with E-state index in [0.29, 0.717) is 17.0 Å². The Kier molecular flexibility index (Phi) is 6.64. The quantitative estimate of drug-likeness (QED) is 0.378. The topological polar surface area (TPSA) is 63.5 Å². The molecule has 0 atom stereocenters. The molecule has 27 heavy (non-hydrogen) atoms. The number of carbonyl (C=O) groups is 1. The van der Waals surface area contributed by atoms with E-state index in [0.717, 1.165) is 25.8 Å². The van der Waals surface area contributed by atoms with E-state index in [2.05, 4.69) is 42.4 Å². The molecule has 0 fully saturated rings. The van der Waals surface area contributed by atoms with E-state index < -0.39 is 0 Å². The van der Waals surface area contributed by atoms with Crippen molar-refractivity contribution in [2.45, 2.75) is 6.54 Å². The zero-order valence-electron chi connectivity index (χ0n) is 13.7. The Labute approximate surface area is 180 Å². The average molecular weight is 530 g/mol. The van der Waals surface area contributed by atoms with Gasteiger partial charge in [0.1, 0.15) is 5.15 Å². The number of hydrazone groups is 1. The van der Waals surface area contributed by atoms with Gasteiger partial charge in [-0.05, 0) is 35.9 Å². The van der Waals surface area contributed by atoms with Crippen LogP contribution in [0.3, 0.4) is 0 Å². The van der Waals surface area contributed by atoms with Crippen LogP contribution >= 0.6 is 54.8 Å². The number of amides is 1. The maximum atomic E-state index is 12.2. The van der Waals surface area contributed by atoms with Gasteiger partial charge in [0.25, 0.3) is 5.91 Å². The largest absolute Gasteiger partial charge is 0.309 e. The van der Waals surface area contributed by atoms with Crippen LogP contribution in [0.15, 0.2) is 67.4 Å². The molecule has 9 heteroatoms. The van der Waals surface area contributed by atoms with Gasteiger partial charge in [-0.2, -0.15) is 5.10 Å². The second-order valence-corrected chi connectivity index (χ2v) is 8.63. The molecule has 1 heterocycles. The zero-order valence-corrected chi connectivity index (χ0v) is 18.4. The van der Waals surface area contributed by atoms with E-state index in [1.807, 2.05) is 30.3 Å². The summed E-state index contributed by atoms with van der Waals surface area (Å²) < 4.78 is 3.22. The number of hydrogen-bond acceptors (Lipinski definition) is 4. The van der Waals surface area contributed by atoms with Crippen LogP contribution in [0.4, 0.5) is 0 Å². The number of thiazole rings is 1. The number of nitrogens with one attached hydrogen (secondary N) is 1. The highest BCUT2D eigenvalue weighted by Gasteiger charge is 2.12. The van der Waals surface area contributed by atoms with Gasteiger partial charge in [0, 0.05) is 14.5 Å². The summed E-state index contributed by atoms with van der Waals surface area (Å²) in [6, 6.07) is 14.6. The first-order valence-electron chi connectivity index (χ1n) is 7.66. The van der Waals surface area contributed by atoms with Crippen molar-refractivity contribution in [3.63, 3.8) is 0 Å². The van der Waals surface area contributed by atoms with Crippen molar-refractivity contribution < 1.29 is 4.79 Å². The van der Waals surface area contributed by atoms with Gasteiger partial charge < -0.3 is 0 Å². The molecule has 0 aliphatic carbocycles. The summed E-state index contributed by atoms with van der Waals surface area (Å²) in [6.45, 7) is 0.361. The molecular formula is C18H12Br2ClN3O2S. The van der Waals surface area contributed by atoms with Gasteiger partial charge in [-0.1, -0.05) is 73.0 Å². The minimum absolute atomic E-state index is 0.192. The predicted octanol–water partition coefficient (Wildman–Crippen LogP) is 4.90. The van der Waals surface area contributed by atoms with Crippen LogP contribution in [0.2, 0.25) is 5.15 Å². The molecular weight excluding hydrogens is 518 g/mol. The van der Waals surface area contributed by atoms with Crippen LogP contribution in [0.1, 0.15) is 20.8 Å². The fraction of sp³-hybridized carbons (Fsp3) is 0.0556. The number of halogens is 3. The molecule has 0 saturated carbocycles. The summed E-state index contributed by atoms with van der Waals surface area (Å²) in [5.74, 6) is -0.356. The Balaban J connectivity index is 1.72. The Hall–Kier alpha value is -1.74. The molecule has 0 bridgehead atoms. The van der Waals surface area contributed by atoms with Crippen molar-refractivity contribution >= 4 is 66.9 Å². The standard InChI is InChI=1S/C18H12Br2ClN3O2S/c19-13-6-4-11(5-7-13)10-24-16(21)15(27-18(24)26)9-22-23-17(25)12-2-1-3-14(20)8-12/h1-9H,10H2,(H,23,25). The van der Waals surface area contributed by atoms with E-state index in [1.54, 1.807) is 18.2 Å². The maximum Gasteiger partial charge on any atom is 0.309 e. The summed E-state index contributed by atoms with van der Waals surface area (Å²) in [5.41, 5.74) is 3.84. The van der Waals surface area contributed by atoms with E-state index in [9.17, 15) is 9.59 Å². The molecule has 138 valence electrons. The van der Waals surface area contributed by atoms with Gasteiger partial charge in [-0.15, -0.1) is 0 Å². The minimum Gasteiger partial charge on any atom is -0.284 e. The molecule has 0 aliphatic heterocycles. The Morgan fingerprint density at radius 1 is 1.19 bits per heavy atom. The van der Waals surface area contributed by atoms with E-state index in [4.69, 9.17) is 11.6 Å². The number of hydrogen-bond donors (Lipinski definition) is 1. The monoisotopic (exact) mass is 527 g/mol. The lowest BCUT2D eigenvalue weighted by molar-refractivity contribution is 0.0955. The fourth-order valence-corrected chi connectivity index (χ4v) is 4.00. The van der Waals surface area contributed by atoms with Crippen molar-refractivity contribution in [3.05, 3.63) is 88.3 Å². The molecule has 1 aromatic heterocycles. The minimum atomic E-state index is -0.356. The lowest BCUT2D eigenvalue weighted by Gasteiger charge is -2.04. The summed E-state index contributed by atoms with van der Waals surface area (Å²) in [5, 5.41) is 4.19. The third-order valence-corrected chi connectivity index (χ3v) is 6.00. The SMILES string of the molecule is O=C(NN=Cc1sc(=O)n(Cc2ccc(Br)cc2)c1Cl)c1cccc(Br)c1. The van der Waals surface area contributed by atoms with Crippen molar-refractivity contribution in [2.75, 3.05) is 0 Å². The normalized spacial score (nSPS) is 11.1. The number of nitrogens with zero attached hydrogens (tertiary/aromatic N) is 2. The second-order valence-electron chi connectivity index (χ2n) is 5.45. The molecule has 2 aromatic carbocycles. The lowest BCUT2D eigenvalue weighted by atomic mass is 10.2. The van der Waals surface area contributed by atoms with Crippen LogP contribution < -0.4 is 10.3 Å². The molecule has 1 N–H and O–H groups in total. The first kappa shape index (κ1) is 20.0. The molecule has 0 spiro atoms. The molecule has 3 rings (SSSR count). The molecule has 5 nitrogen and oxygen atoms in total. The zero-order chi connectivity index (χ0) is 19.4. The van der Waals surface area contributed by atoms with Crippen molar-refractivity contribution in [1.29, 1.82) is 0 Å². The van der Waals surface area contributed by atoms with Crippen molar-refractivity contribution in [2.24, 2.45) is 5.10 Å². The second kappa shape index (κ2) is 8.97. The predicted molar refractivity (Wildman–Crippen MR) is 116 cm³/mol. The van der Waals surface area contributed by atoms with Gasteiger partial charge >= 0.3 is 4.87 Å². The number of carbonyl (C=O) groups excluding carboxylic acids is 1. The lowest BCUT2D eigenvalue weighted by Crippen LogP contribution is -2.17. The smallest absolute Gasteiger partial charge is 0.284 e. The van der Waals surface area contributed by atoms with Crippen LogP contribution in [0.25, 0.3) is 0 Å². The molecule has 1 amide bonds. The molecule has 0 radical (unpaired) electrons. The van der Waals surface area contributed by atoms with E-state index in [1.165, 1.54) is 10.8 Å². The summed E-state index contributed by atoms with van der Waals surface area (Å²) >= 11 is 14.0. The van der Waals surface area contributed by atoms with Crippen LogP contribution in [-0.2, 0) is 6.54 Å². The summed E-state index contributed by atoms with van der Waals surface area (Å²) in [4.78, 5) is 24.6. The van der Waals surface area contributed by atoms with Crippen molar-refractivity contribution in [3.8, 4) is 0 Å². The third-order valence-electron chi connectivity index (χ3n) is 3.55. The molecule has 0 unspecified atom stereocenters. The first-order chi connectivity index (χ1) is 12.9. The van der Waals surface area contributed by atoms with E-state index in [-0.39, 0.29) is 15.9 Å². The first-order valence-corrected chi connectivity index (χ1v) is 10.4. The van der Waals surface area contributed by atoms with Crippen LogP contribution in [-0.4, -0.2) is 16.7 Å². The van der Waals surface area contributed by atoms with Crippen molar-refractivity contribution in [1.82, 2.24) is 9.99 Å². The third kappa shape index (κ3) is 5.16. The number of benzene rings is 2. The van der Waals surface area contributed by atoms with Gasteiger partial charge in [0.2, 0.25) is 0 Å². The Morgan fingerprint density at radius 3 is 2.63 bits per heavy atom. The molecule has 0 aliphatic rings. The highest BCUT2D eigenvalue weighted by Crippen LogP contribution is 2.19. The Morgan fingerprint density at radius 2 is 1.93 bits per heavy atom. The molecule has 3 aromatic rings. The number of aromatic nitrogens is 1. The maximum absolute atomic E-state index is 12.2. The summed E-state index contributed by atoms with van der Waals surface area (Å²) in [6.07, 6.45) is 1.38. The fourth-order valence-electron chi connectivity index (χ4n) is 2.23. The number of rotatable bonds is 5. The van der Waals surface area contributed by atoms with Crippen LogP contribution in [0, 0.1) is 0 Å². The highest BCUT2D eigenvalue weighted by molar-refractivity contribution is 9.10. The Bertz CT molecular complexity index is 1060. The molecule has 0 saturated heterocycles. The van der Waals surface area contributed by atoms with Gasteiger partial charge in [0.15, 0.2) is 0 Å². The summed E-state index contributed by atoms with van der Waals surface area (Å²) in [7, 11) is 0. The van der Waals surface area contributed by atoms with Gasteiger partial charge in [-0.25, -0.2) is 5.43 Å².